The van der Waals surface area contributed by atoms with Crippen LogP contribution in [0.5, 0.6) is 0 Å². The van der Waals surface area contributed by atoms with Crippen LogP contribution in [-0.4, -0.2) is 25.2 Å². The predicted molar refractivity (Wildman–Crippen MR) is 42.2 cm³/mol. The number of aromatic nitrogens is 5. The van der Waals surface area contributed by atoms with Crippen molar-refractivity contribution >= 4 is 0 Å². The normalized spacial score (nSPS) is 10.6. The van der Waals surface area contributed by atoms with Gasteiger partial charge in [-0.05, 0) is 5.21 Å². The molecule has 0 amide bonds. The Hall–Kier alpha value is -1.76. The molecule has 0 saturated heterocycles. The fourth-order valence-electron chi connectivity index (χ4n) is 0.971. The lowest BCUT2D eigenvalue weighted by Crippen LogP contribution is -1.99. The molecule has 13 heavy (non-hydrogen) atoms. The van der Waals surface area contributed by atoms with Gasteiger partial charge in [0.25, 0.3) is 0 Å². The quantitative estimate of drug-likeness (QED) is 0.658. The Bertz CT molecular complexity index is 405. The molecule has 2 aromatic heterocycles. The molecule has 0 aromatic carbocycles. The molecule has 0 radical (unpaired) electrons. The van der Waals surface area contributed by atoms with Crippen LogP contribution in [0.3, 0.4) is 0 Å². The van der Waals surface area contributed by atoms with Gasteiger partial charge in [-0.3, -0.25) is 0 Å². The van der Waals surface area contributed by atoms with E-state index < -0.39 is 0 Å². The summed E-state index contributed by atoms with van der Waals surface area (Å²) in [5.41, 5.74) is 6.07. The number of rotatable bonds is 2. The van der Waals surface area contributed by atoms with E-state index >= 15 is 0 Å². The van der Waals surface area contributed by atoms with Crippen molar-refractivity contribution in [2.24, 2.45) is 12.8 Å². The molecule has 2 N–H and O–H groups in total. The van der Waals surface area contributed by atoms with Crippen molar-refractivity contribution < 1.29 is 4.42 Å². The van der Waals surface area contributed by atoms with Crippen molar-refractivity contribution in [1.29, 1.82) is 0 Å². The van der Waals surface area contributed by atoms with Crippen LogP contribution in [-0.2, 0) is 13.6 Å². The van der Waals surface area contributed by atoms with Crippen LogP contribution in [0.25, 0.3) is 11.6 Å². The maximum atomic E-state index is 5.43. The summed E-state index contributed by atoms with van der Waals surface area (Å²) in [6.45, 7) is 0.296. The molecule has 2 aromatic rings. The number of tetrazole rings is 1. The SMILES string of the molecule is Cn1nnc(-c2ocnc2CN)n1. The zero-order chi connectivity index (χ0) is 9.26. The number of aryl methyl sites for hydroxylation is 1. The smallest absolute Gasteiger partial charge is 0.242 e. The number of nitrogens with two attached hydrogens (primary N) is 1. The Morgan fingerprint density at radius 3 is 3.08 bits per heavy atom. The molecule has 0 fully saturated rings. The number of hydrogen-bond acceptors (Lipinski definition) is 6. The van der Waals surface area contributed by atoms with E-state index in [1.165, 1.54) is 11.2 Å². The van der Waals surface area contributed by atoms with E-state index in [1.54, 1.807) is 7.05 Å². The summed E-state index contributed by atoms with van der Waals surface area (Å²) in [6, 6.07) is 0. The van der Waals surface area contributed by atoms with E-state index in [0.29, 0.717) is 23.8 Å². The molecule has 0 aliphatic carbocycles. The van der Waals surface area contributed by atoms with Crippen molar-refractivity contribution in [1.82, 2.24) is 25.2 Å². The van der Waals surface area contributed by atoms with Crippen LogP contribution >= 0.6 is 0 Å². The highest BCUT2D eigenvalue weighted by Crippen LogP contribution is 2.16. The third kappa shape index (κ3) is 1.29. The van der Waals surface area contributed by atoms with Gasteiger partial charge in [0.15, 0.2) is 12.2 Å². The predicted octanol–water partition coefficient (Wildman–Crippen LogP) is -0.676. The lowest BCUT2D eigenvalue weighted by molar-refractivity contribution is 0.565. The molecule has 0 spiro atoms. The molecule has 0 saturated carbocycles. The van der Waals surface area contributed by atoms with Crippen molar-refractivity contribution in [2.75, 3.05) is 0 Å². The topological polar surface area (TPSA) is 95.7 Å². The van der Waals surface area contributed by atoms with Crippen molar-refractivity contribution in [3.8, 4) is 11.6 Å². The van der Waals surface area contributed by atoms with E-state index in [-0.39, 0.29) is 0 Å². The Balaban J connectivity index is 2.45. The first-order valence-corrected chi connectivity index (χ1v) is 3.68. The van der Waals surface area contributed by atoms with Gasteiger partial charge < -0.3 is 10.2 Å². The largest absolute Gasteiger partial charge is 0.440 e. The van der Waals surface area contributed by atoms with E-state index in [2.05, 4.69) is 20.4 Å². The molecular weight excluding hydrogens is 172 g/mol. The first-order valence-electron chi connectivity index (χ1n) is 3.68. The molecule has 7 heteroatoms. The van der Waals surface area contributed by atoms with Crippen LogP contribution in [0.1, 0.15) is 5.69 Å². The molecule has 2 rings (SSSR count). The van der Waals surface area contributed by atoms with E-state index in [9.17, 15) is 0 Å². The minimum atomic E-state index is 0.296. The molecule has 0 aliphatic heterocycles. The van der Waals surface area contributed by atoms with Crippen LogP contribution in [0.2, 0.25) is 0 Å². The minimum absolute atomic E-state index is 0.296. The van der Waals surface area contributed by atoms with E-state index in [4.69, 9.17) is 10.2 Å². The average Bonchev–Trinajstić information content (AvgIpc) is 2.71. The summed E-state index contributed by atoms with van der Waals surface area (Å²) in [5, 5.41) is 11.4. The van der Waals surface area contributed by atoms with Crippen LogP contribution in [0, 0.1) is 0 Å². The zero-order valence-corrected chi connectivity index (χ0v) is 7.01. The van der Waals surface area contributed by atoms with Crippen LogP contribution in [0.15, 0.2) is 10.8 Å². The highest BCUT2D eigenvalue weighted by molar-refractivity contribution is 5.48. The van der Waals surface area contributed by atoms with Crippen LogP contribution in [0.4, 0.5) is 0 Å². The van der Waals surface area contributed by atoms with Crippen molar-refractivity contribution in [2.45, 2.75) is 6.54 Å². The fraction of sp³-hybridized carbons (Fsp3) is 0.333. The highest BCUT2D eigenvalue weighted by Gasteiger charge is 2.13. The van der Waals surface area contributed by atoms with Gasteiger partial charge in [0.05, 0.1) is 7.05 Å². The summed E-state index contributed by atoms with van der Waals surface area (Å²) < 4.78 is 5.09. The average molecular weight is 180 g/mol. The second-order valence-corrected chi connectivity index (χ2v) is 2.43. The van der Waals surface area contributed by atoms with Gasteiger partial charge in [-0.15, -0.1) is 10.2 Å². The molecule has 0 bridgehead atoms. The molecular formula is C6H8N6O. The Kier molecular flexibility index (Phi) is 1.78. The van der Waals surface area contributed by atoms with Crippen LogP contribution < -0.4 is 5.73 Å². The third-order valence-electron chi connectivity index (χ3n) is 1.55. The van der Waals surface area contributed by atoms with Gasteiger partial charge in [0, 0.05) is 6.54 Å². The Morgan fingerprint density at radius 1 is 1.62 bits per heavy atom. The number of hydrogen-bond donors (Lipinski definition) is 1. The van der Waals surface area contributed by atoms with Crippen molar-refractivity contribution in [3.05, 3.63) is 12.1 Å². The summed E-state index contributed by atoms with van der Waals surface area (Å²) in [4.78, 5) is 5.26. The maximum Gasteiger partial charge on any atom is 0.242 e. The van der Waals surface area contributed by atoms with Gasteiger partial charge in [-0.1, -0.05) is 0 Å². The standard InChI is InChI=1S/C6H8N6O/c1-12-10-6(9-11-12)5-4(2-7)8-3-13-5/h3H,2,7H2,1H3. The molecule has 0 aliphatic rings. The lowest BCUT2D eigenvalue weighted by atomic mass is 10.3. The lowest BCUT2D eigenvalue weighted by Gasteiger charge is -1.89. The van der Waals surface area contributed by atoms with Gasteiger partial charge in [0.2, 0.25) is 5.82 Å². The summed E-state index contributed by atoms with van der Waals surface area (Å²) in [7, 11) is 1.68. The van der Waals surface area contributed by atoms with Gasteiger partial charge >= 0.3 is 0 Å². The molecule has 0 atom stereocenters. The molecule has 2 heterocycles. The van der Waals surface area contributed by atoms with Gasteiger partial charge in [-0.2, -0.15) is 4.80 Å². The summed E-state index contributed by atoms with van der Waals surface area (Å²) >= 11 is 0. The minimum Gasteiger partial charge on any atom is -0.440 e. The monoisotopic (exact) mass is 180 g/mol. The molecule has 0 unspecified atom stereocenters. The fourth-order valence-corrected chi connectivity index (χ4v) is 0.971. The second-order valence-electron chi connectivity index (χ2n) is 2.43. The summed E-state index contributed by atoms with van der Waals surface area (Å²) in [6.07, 6.45) is 1.31. The van der Waals surface area contributed by atoms with Gasteiger partial charge in [-0.25, -0.2) is 4.98 Å². The second kappa shape index (κ2) is 2.94. The maximum absolute atomic E-state index is 5.43. The number of oxazole rings is 1. The zero-order valence-electron chi connectivity index (χ0n) is 7.01. The Morgan fingerprint density at radius 2 is 2.46 bits per heavy atom. The summed E-state index contributed by atoms with van der Waals surface area (Å²) in [5.74, 6) is 0.885. The third-order valence-corrected chi connectivity index (χ3v) is 1.55. The first-order chi connectivity index (χ1) is 6.31. The first kappa shape index (κ1) is 7.87. The van der Waals surface area contributed by atoms with Gasteiger partial charge in [0.1, 0.15) is 5.69 Å². The number of nitrogens with zero attached hydrogens (tertiary/aromatic N) is 5. The highest BCUT2D eigenvalue weighted by atomic mass is 16.3. The van der Waals surface area contributed by atoms with Crippen molar-refractivity contribution in [3.63, 3.8) is 0 Å². The van der Waals surface area contributed by atoms with E-state index in [1.807, 2.05) is 0 Å². The molecule has 7 nitrogen and oxygen atoms in total. The Labute approximate surface area is 73.6 Å². The van der Waals surface area contributed by atoms with E-state index in [0.717, 1.165) is 0 Å². The molecule has 68 valence electrons.